The van der Waals surface area contributed by atoms with Gasteiger partial charge in [-0.05, 0) is 12.1 Å². The van der Waals surface area contributed by atoms with Gasteiger partial charge in [-0.1, -0.05) is 11.6 Å². The van der Waals surface area contributed by atoms with Crippen molar-refractivity contribution in [2.45, 2.75) is 0 Å². The van der Waals surface area contributed by atoms with Crippen LogP contribution in [0.2, 0.25) is 5.02 Å². The standard InChI is InChI=1S/C7H5ClNO3/c8-6-1-2-7(9(11)12)5(3-6)4-10/h1-4,10H. The molecule has 0 bridgehead atoms. The van der Waals surface area contributed by atoms with Gasteiger partial charge in [0.25, 0.3) is 5.69 Å². The lowest BCUT2D eigenvalue weighted by molar-refractivity contribution is -0.385. The fourth-order valence-electron chi connectivity index (χ4n) is 0.795. The molecular formula is C7H5ClNO3. The largest absolute Gasteiger partial charge is 0.385 e. The Labute approximate surface area is 73.5 Å². The molecule has 0 atom stereocenters. The average molecular weight is 187 g/mol. The number of nitro benzene ring substituents is 1. The minimum absolute atomic E-state index is 0.104. The molecule has 0 aliphatic rings. The highest BCUT2D eigenvalue weighted by Gasteiger charge is 2.12. The number of hydrogen-bond acceptors (Lipinski definition) is 3. The summed E-state index contributed by atoms with van der Waals surface area (Å²) in [6.07, 6.45) is 0. The molecule has 1 aromatic rings. The smallest absolute Gasteiger partial charge is 0.275 e. The predicted molar refractivity (Wildman–Crippen MR) is 43.4 cm³/mol. The minimum atomic E-state index is -0.585. The van der Waals surface area contributed by atoms with E-state index < -0.39 is 4.92 Å². The Morgan fingerprint density at radius 3 is 2.75 bits per heavy atom. The third kappa shape index (κ3) is 1.72. The summed E-state index contributed by atoms with van der Waals surface area (Å²) in [4.78, 5) is 9.74. The second-order valence-corrected chi connectivity index (χ2v) is 2.53. The van der Waals surface area contributed by atoms with Crippen molar-refractivity contribution in [3.05, 3.63) is 45.5 Å². The fraction of sp³-hybridized carbons (Fsp3) is 0. The van der Waals surface area contributed by atoms with Crippen molar-refractivity contribution in [1.82, 2.24) is 0 Å². The van der Waals surface area contributed by atoms with Crippen molar-refractivity contribution >= 4 is 17.3 Å². The van der Waals surface area contributed by atoms with E-state index in [1.165, 1.54) is 18.2 Å². The lowest BCUT2D eigenvalue weighted by Crippen LogP contribution is -1.93. The molecule has 0 amide bonds. The van der Waals surface area contributed by atoms with E-state index in [0.717, 1.165) is 0 Å². The fourth-order valence-corrected chi connectivity index (χ4v) is 0.976. The summed E-state index contributed by atoms with van der Waals surface area (Å²) in [5.74, 6) is 0. The van der Waals surface area contributed by atoms with Crippen LogP contribution in [0.5, 0.6) is 0 Å². The molecule has 4 nitrogen and oxygen atoms in total. The molecule has 0 saturated carbocycles. The van der Waals surface area contributed by atoms with Crippen LogP contribution < -0.4 is 0 Å². The van der Waals surface area contributed by atoms with Gasteiger partial charge in [-0.25, -0.2) is 0 Å². The van der Waals surface area contributed by atoms with Crippen LogP contribution in [0.15, 0.2) is 18.2 Å². The minimum Gasteiger partial charge on any atom is -0.385 e. The molecule has 1 rings (SSSR count). The molecule has 0 saturated heterocycles. The number of rotatable bonds is 2. The third-order valence-corrected chi connectivity index (χ3v) is 1.56. The quantitative estimate of drug-likeness (QED) is 0.569. The van der Waals surface area contributed by atoms with Crippen molar-refractivity contribution < 1.29 is 10.0 Å². The van der Waals surface area contributed by atoms with E-state index in [1.54, 1.807) is 0 Å². The Kier molecular flexibility index (Phi) is 2.62. The summed E-state index contributed by atoms with van der Waals surface area (Å²) in [6, 6.07) is 3.96. The van der Waals surface area contributed by atoms with Crippen molar-refractivity contribution in [1.29, 1.82) is 0 Å². The molecule has 12 heavy (non-hydrogen) atoms. The van der Waals surface area contributed by atoms with Crippen LogP contribution in [-0.4, -0.2) is 10.0 Å². The molecule has 63 valence electrons. The maximum Gasteiger partial charge on any atom is 0.275 e. The van der Waals surface area contributed by atoms with Gasteiger partial charge in [0.1, 0.15) is 6.61 Å². The van der Waals surface area contributed by atoms with E-state index in [0.29, 0.717) is 11.6 Å². The zero-order chi connectivity index (χ0) is 9.14. The van der Waals surface area contributed by atoms with Gasteiger partial charge in [0.15, 0.2) is 0 Å². The topological polar surface area (TPSA) is 63.4 Å². The number of hydrogen-bond donors (Lipinski definition) is 1. The van der Waals surface area contributed by atoms with Gasteiger partial charge in [0.05, 0.1) is 10.5 Å². The molecule has 1 N–H and O–H groups in total. The first kappa shape index (κ1) is 8.96. The predicted octanol–water partition coefficient (Wildman–Crippen LogP) is 2.13. The van der Waals surface area contributed by atoms with Crippen LogP contribution in [0.3, 0.4) is 0 Å². The maximum atomic E-state index is 10.3. The lowest BCUT2D eigenvalue weighted by Gasteiger charge is -1.97. The molecular weight excluding hydrogens is 182 g/mol. The Morgan fingerprint density at radius 1 is 1.58 bits per heavy atom. The summed E-state index contributed by atoms with van der Waals surface area (Å²) in [6.45, 7) is 0.657. The molecule has 0 aliphatic carbocycles. The van der Waals surface area contributed by atoms with Crippen molar-refractivity contribution in [2.24, 2.45) is 0 Å². The zero-order valence-corrected chi connectivity index (χ0v) is 6.65. The van der Waals surface area contributed by atoms with Crippen LogP contribution in [0, 0.1) is 16.7 Å². The number of aliphatic hydroxyl groups excluding tert-OH is 1. The first-order chi connectivity index (χ1) is 5.65. The highest BCUT2D eigenvalue weighted by atomic mass is 35.5. The van der Waals surface area contributed by atoms with Gasteiger partial charge < -0.3 is 5.11 Å². The monoisotopic (exact) mass is 186 g/mol. The van der Waals surface area contributed by atoms with Gasteiger partial charge in [0, 0.05) is 11.1 Å². The highest BCUT2D eigenvalue weighted by Crippen LogP contribution is 2.22. The summed E-state index contributed by atoms with van der Waals surface area (Å²) in [5.41, 5.74) is -0.0607. The molecule has 1 radical (unpaired) electrons. The molecule has 0 spiro atoms. The Bertz CT molecular complexity index is 314. The van der Waals surface area contributed by atoms with Crippen molar-refractivity contribution in [3.8, 4) is 0 Å². The maximum absolute atomic E-state index is 10.3. The van der Waals surface area contributed by atoms with Crippen LogP contribution in [0.25, 0.3) is 0 Å². The van der Waals surface area contributed by atoms with Gasteiger partial charge in [-0.2, -0.15) is 0 Å². The van der Waals surface area contributed by atoms with E-state index in [4.69, 9.17) is 16.7 Å². The molecule has 0 aliphatic heterocycles. The number of nitro groups is 1. The van der Waals surface area contributed by atoms with Crippen molar-refractivity contribution in [3.63, 3.8) is 0 Å². The van der Waals surface area contributed by atoms with Gasteiger partial charge >= 0.3 is 0 Å². The van der Waals surface area contributed by atoms with Crippen LogP contribution >= 0.6 is 11.6 Å². The molecule has 0 fully saturated rings. The Hall–Kier alpha value is -1.13. The van der Waals surface area contributed by atoms with E-state index in [1.807, 2.05) is 0 Å². The normalized spacial score (nSPS) is 9.83. The third-order valence-electron chi connectivity index (χ3n) is 1.33. The van der Waals surface area contributed by atoms with Gasteiger partial charge in [0.2, 0.25) is 0 Å². The second kappa shape index (κ2) is 3.51. The molecule has 0 unspecified atom stereocenters. The molecule has 5 heteroatoms. The van der Waals surface area contributed by atoms with E-state index in [9.17, 15) is 10.1 Å². The van der Waals surface area contributed by atoms with Gasteiger partial charge in [-0.3, -0.25) is 10.1 Å². The van der Waals surface area contributed by atoms with Crippen molar-refractivity contribution in [2.75, 3.05) is 0 Å². The molecule has 1 aromatic carbocycles. The zero-order valence-electron chi connectivity index (χ0n) is 5.90. The summed E-state index contributed by atoms with van der Waals surface area (Å²) >= 11 is 5.55. The number of benzene rings is 1. The molecule has 0 heterocycles. The Morgan fingerprint density at radius 2 is 2.25 bits per heavy atom. The number of nitrogens with zero attached hydrogens (tertiary/aromatic N) is 1. The SMILES string of the molecule is O=[N+]([O-])c1ccc(Cl)cc1[CH]O. The first-order valence-electron chi connectivity index (χ1n) is 3.06. The number of halogens is 1. The van der Waals surface area contributed by atoms with Crippen LogP contribution in [-0.2, 0) is 0 Å². The summed E-state index contributed by atoms with van der Waals surface area (Å²) < 4.78 is 0. The second-order valence-electron chi connectivity index (χ2n) is 2.09. The molecule has 0 aromatic heterocycles. The number of aliphatic hydroxyl groups is 1. The average Bonchev–Trinajstić information content (AvgIpc) is 2.03. The lowest BCUT2D eigenvalue weighted by atomic mass is 10.2. The summed E-state index contributed by atoms with van der Waals surface area (Å²) in [5, 5.41) is 19.3. The highest BCUT2D eigenvalue weighted by molar-refractivity contribution is 6.30. The van der Waals surface area contributed by atoms with Crippen LogP contribution in [0.4, 0.5) is 5.69 Å². The van der Waals surface area contributed by atoms with E-state index in [2.05, 4.69) is 0 Å². The first-order valence-corrected chi connectivity index (χ1v) is 3.44. The van der Waals surface area contributed by atoms with E-state index >= 15 is 0 Å². The van der Waals surface area contributed by atoms with E-state index in [-0.39, 0.29) is 11.3 Å². The summed E-state index contributed by atoms with van der Waals surface area (Å²) in [7, 11) is 0. The Balaban J connectivity index is 3.20. The van der Waals surface area contributed by atoms with Gasteiger partial charge in [-0.15, -0.1) is 0 Å². The van der Waals surface area contributed by atoms with Crippen LogP contribution in [0.1, 0.15) is 5.56 Å².